The van der Waals surface area contributed by atoms with Gasteiger partial charge in [0.15, 0.2) is 0 Å². The van der Waals surface area contributed by atoms with Crippen LogP contribution in [0.4, 0.5) is 0 Å². The monoisotopic (exact) mass is 273 g/mol. The van der Waals surface area contributed by atoms with Crippen LogP contribution in [0.25, 0.3) is 0 Å². The molecule has 1 aromatic heterocycles. The fraction of sp³-hybridized carbons (Fsp3) is 0.312. The molecule has 1 aromatic carbocycles. The van der Waals surface area contributed by atoms with E-state index in [1.165, 1.54) is 0 Å². The molecule has 2 rings (SSSR count). The quantitative estimate of drug-likeness (QED) is 0.879. The van der Waals surface area contributed by atoms with Crippen LogP contribution in [-0.4, -0.2) is 24.3 Å². The minimum absolute atomic E-state index is 0.569. The smallest absolute Gasteiger partial charge is 0.122 e. The van der Waals surface area contributed by atoms with Crippen molar-refractivity contribution in [2.45, 2.75) is 18.9 Å². The van der Waals surface area contributed by atoms with Crippen molar-refractivity contribution in [1.29, 1.82) is 0 Å². The van der Waals surface area contributed by atoms with Gasteiger partial charge in [0.2, 0.25) is 0 Å². The molecule has 0 saturated carbocycles. The molecule has 1 N–H and O–H groups in total. The fourth-order valence-corrected chi connectivity index (χ4v) is 2.02. The molecular formula is C16H19NO3. The number of benzene rings is 1. The number of aliphatic hydroxyl groups excluding tert-OH is 1. The van der Waals surface area contributed by atoms with Gasteiger partial charge in [-0.1, -0.05) is 6.07 Å². The summed E-state index contributed by atoms with van der Waals surface area (Å²) in [6.07, 6.45) is 2.52. The second kappa shape index (κ2) is 6.91. The zero-order chi connectivity index (χ0) is 14.4. The van der Waals surface area contributed by atoms with E-state index < -0.39 is 6.10 Å². The Morgan fingerprint density at radius 2 is 1.80 bits per heavy atom. The van der Waals surface area contributed by atoms with Gasteiger partial charge in [-0.25, -0.2) is 0 Å². The molecule has 2 aromatic rings. The maximum Gasteiger partial charge on any atom is 0.122 e. The van der Waals surface area contributed by atoms with E-state index in [2.05, 4.69) is 4.98 Å². The number of hydrogen-bond donors (Lipinski definition) is 1. The summed E-state index contributed by atoms with van der Waals surface area (Å²) in [6.45, 7) is 0. The van der Waals surface area contributed by atoms with E-state index in [4.69, 9.17) is 9.47 Å². The molecule has 0 fully saturated rings. The van der Waals surface area contributed by atoms with Crippen LogP contribution < -0.4 is 9.47 Å². The number of aryl methyl sites for hydroxylation is 1. The predicted octanol–water partition coefficient (Wildman–Crippen LogP) is 2.77. The minimum Gasteiger partial charge on any atom is -0.497 e. The van der Waals surface area contributed by atoms with Crippen molar-refractivity contribution in [3.8, 4) is 11.5 Å². The van der Waals surface area contributed by atoms with Gasteiger partial charge in [-0.3, -0.25) is 4.98 Å². The minimum atomic E-state index is -0.569. The zero-order valence-corrected chi connectivity index (χ0v) is 11.7. The average molecular weight is 273 g/mol. The molecule has 0 bridgehead atoms. The topological polar surface area (TPSA) is 51.6 Å². The highest BCUT2D eigenvalue weighted by atomic mass is 16.5. The van der Waals surface area contributed by atoms with Crippen molar-refractivity contribution < 1.29 is 14.6 Å². The molecule has 4 heteroatoms. The highest BCUT2D eigenvalue weighted by molar-refractivity contribution is 5.39. The fourth-order valence-electron chi connectivity index (χ4n) is 2.02. The Bertz CT molecular complexity index is 520. The van der Waals surface area contributed by atoms with Crippen molar-refractivity contribution >= 4 is 0 Å². The molecule has 20 heavy (non-hydrogen) atoms. The van der Waals surface area contributed by atoms with Gasteiger partial charge in [-0.15, -0.1) is 0 Å². The van der Waals surface area contributed by atoms with Crippen molar-refractivity contribution in [1.82, 2.24) is 4.98 Å². The zero-order valence-electron chi connectivity index (χ0n) is 11.7. The van der Waals surface area contributed by atoms with Crippen LogP contribution in [0.3, 0.4) is 0 Å². The first-order valence-electron chi connectivity index (χ1n) is 6.54. The first kappa shape index (κ1) is 14.3. The van der Waals surface area contributed by atoms with Gasteiger partial charge in [-0.05, 0) is 42.7 Å². The summed E-state index contributed by atoms with van der Waals surface area (Å²) in [4.78, 5) is 4.25. The summed E-state index contributed by atoms with van der Waals surface area (Å²) in [6, 6.07) is 11.2. The number of hydrogen-bond acceptors (Lipinski definition) is 4. The summed E-state index contributed by atoms with van der Waals surface area (Å²) in [5, 5.41) is 10.3. The van der Waals surface area contributed by atoms with Gasteiger partial charge < -0.3 is 14.6 Å². The van der Waals surface area contributed by atoms with E-state index >= 15 is 0 Å². The van der Waals surface area contributed by atoms with E-state index in [9.17, 15) is 5.11 Å². The molecular weight excluding hydrogens is 254 g/mol. The van der Waals surface area contributed by atoms with Crippen molar-refractivity contribution in [2.24, 2.45) is 0 Å². The first-order chi connectivity index (χ1) is 9.72. The largest absolute Gasteiger partial charge is 0.497 e. The summed E-state index contributed by atoms with van der Waals surface area (Å²) >= 11 is 0. The SMILES string of the molecule is COc1cc(OC)cc(C(O)CCc2ccccn2)c1. The molecule has 0 aliphatic heterocycles. The molecule has 1 heterocycles. The van der Waals surface area contributed by atoms with Crippen LogP contribution in [0.15, 0.2) is 42.6 Å². The van der Waals surface area contributed by atoms with E-state index in [-0.39, 0.29) is 0 Å². The summed E-state index contributed by atoms with van der Waals surface area (Å²) in [7, 11) is 3.19. The Morgan fingerprint density at radius 3 is 2.35 bits per heavy atom. The Balaban J connectivity index is 2.06. The highest BCUT2D eigenvalue weighted by Gasteiger charge is 2.11. The molecule has 0 amide bonds. The lowest BCUT2D eigenvalue weighted by atomic mass is 10.0. The number of pyridine rings is 1. The molecule has 0 aliphatic rings. The lowest BCUT2D eigenvalue weighted by Gasteiger charge is -2.13. The third-order valence-electron chi connectivity index (χ3n) is 3.16. The lowest BCUT2D eigenvalue weighted by molar-refractivity contribution is 0.166. The third kappa shape index (κ3) is 3.71. The van der Waals surface area contributed by atoms with Crippen LogP contribution in [0.5, 0.6) is 11.5 Å². The first-order valence-corrected chi connectivity index (χ1v) is 6.54. The third-order valence-corrected chi connectivity index (χ3v) is 3.16. The van der Waals surface area contributed by atoms with Crippen LogP contribution in [0.1, 0.15) is 23.8 Å². The summed E-state index contributed by atoms with van der Waals surface area (Å²) in [5.74, 6) is 1.35. The number of rotatable bonds is 6. The van der Waals surface area contributed by atoms with Gasteiger partial charge in [0.25, 0.3) is 0 Å². The number of methoxy groups -OCH3 is 2. The lowest BCUT2D eigenvalue weighted by Crippen LogP contribution is -2.02. The van der Waals surface area contributed by atoms with E-state index in [0.717, 1.165) is 17.7 Å². The maximum absolute atomic E-state index is 10.3. The molecule has 0 saturated heterocycles. The molecule has 0 radical (unpaired) electrons. The van der Waals surface area contributed by atoms with Crippen LogP contribution >= 0.6 is 0 Å². The number of aliphatic hydroxyl groups is 1. The predicted molar refractivity (Wildman–Crippen MR) is 77.1 cm³/mol. The molecule has 1 unspecified atom stereocenters. The molecule has 1 atom stereocenters. The summed E-state index contributed by atoms with van der Waals surface area (Å²) < 4.78 is 10.4. The Morgan fingerprint density at radius 1 is 1.10 bits per heavy atom. The second-order valence-electron chi connectivity index (χ2n) is 4.52. The Hall–Kier alpha value is -2.07. The van der Waals surface area contributed by atoms with Crippen molar-refractivity contribution in [3.05, 3.63) is 53.9 Å². The Kier molecular flexibility index (Phi) is 4.96. The number of nitrogens with zero attached hydrogens (tertiary/aromatic N) is 1. The average Bonchev–Trinajstić information content (AvgIpc) is 2.52. The van der Waals surface area contributed by atoms with Gasteiger partial charge >= 0.3 is 0 Å². The standard InChI is InChI=1S/C16H19NO3/c1-19-14-9-12(10-15(11-14)20-2)16(18)7-6-13-5-3-4-8-17-13/h3-5,8-11,16,18H,6-7H2,1-2H3. The summed E-state index contributed by atoms with van der Waals surface area (Å²) in [5.41, 5.74) is 1.76. The number of aromatic nitrogens is 1. The van der Waals surface area contributed by atoms with Gasteiger partial charge in [0.05, 0.1) is 20.3 Å². The molecule has 4 nitrogen and oxygen atoms in total. The van der Waals surface area contributed by atoms with E-state index in [1.54, 1.807) is 26.5 Å². The molecule has 106 valence electrons. The van der Waals surface area contributed by atoms with E-state index in [1.807, 2.05) is 30.3 Å². The second-order valence-corrected chi connectivity index (χ2v) is 4.52. The normalized spacial score (nSPS) is 11.9. The van der Waals surface area contributed by atoms with Crippen LogP contribution in [-0.2, 0) is 6.42 Å². The van der Waals surface area contributed by atoms with Crippen LogP contribution in [0.2, 0.25) is 0 Å². The van der Waals surface area contributed by atoms with Gasteiger partial charge in [0, 0.05) is 18.0 Å². The van der Waals surface area contributed by atoms with E-state index in [0.29, 0.717) is 17.9 Å². The molecule has 0 aliphatic carbocycles. The Labute approximate surface area is 119 Å². The van der Waals surface area contributed by atoms with Gasteiger partial charge in [0.1, 0.15) is 11.5 Å². The number of ether oxygens (including phenoxy) is 2. The van der Waals surface area contributed by atoms with Crippen molar-refractivity contribution in [2.75, 3.05) is 14.2 Å². The van der Waals surface area contributed by atoms with Crippen LogP contribution in [0, 0.1) is 0 Å². The maximum atomic E-state index is 10.3. The highest BCUT2D eigenvalue weighted by Crippen LogP contribution is 2.28. The van der Waals surface area contributed by atoms with Gasteiger partial charge in [-0.2, -0.15) is 0 Å². The van der Waals surface area contributed by atoms with Crippen molar-refractivity contribution in [3.63, 3.8) is 0 Å². The molecule has 0 spiro atoms.